The van der Waals surface area contributed by atoms with Crippen molar-refractivity contribution in [2.24, 2.45) is 0 Å². The zero-order valence-corrected chi connectivity index (χ0v) is 23.5. The molecule has 0 spiro atoms. The van der Waals surface area contributed by atoms with Crippen LogP contribution in [-0.4, -0.2) is 90.9 Å². The Balaban J connectivity index is 1.43. The first-order valence-corrected chi connectivity index (χ1v) is 14.9. The van der Waals surface area contributed by atoms with Crippen molar-refractivity contribution < 1.29 is 23.4 Å². The van der Waals surface area contributed by atoms with Gasteiger partial charge in [0.25, 0.3) is 0 Å². The number of para-hydroxylation sites is 1. The van der Waals surface area contributed by atoms with Gasteiger partial charge in [0.1, 0.15) is 5.75 Å². The summed E-state index contributed by atoms with van der Waals surface area (Å²) in [6.45, 7) is 1.96. The summed E-state index contributed by atoms with van der Waals surface area (Å²) >= 11 is 0. The van der Waals surface area contributed by atoms with E-state index in [1.165, 1.54) is 17.6 Å². The Morgan fingerprint density at radius 1 is 1.18 bits per heavy atom. The van der Waals surface area contributed by atoms with Gasteiger partial charge in [-0.15, -0.1) is 5.10 Å². The predicted octanol–water partition coefficient (Wildman–Crippen LogP) is 2.69. The van der Waals surface area contributed by atoms with Crippen LogP contribution in [0.1, 0.15) is 17.9 Å². The maximum absolute atomic E-state index is 12.3. The Hall–Kier alpha value is -3.71. The molecule has 2 atom stereocenters. The Morgan fingerprint density at radius 2 is 1.98 bits per heavy atom. The van der Waals surface area contributed by atoms with Crippen LogP contribution in [0.2, 0.25) is 0 Å². The molecule has 3 heterocycles. The molecule has 12 heteroatoms. The first kappa shape index (κ1) is 27.8. The highest BCUT2D eigenvalue weighted by molar-refractivity contribution is 7.92. The number of piperidine rings is 1. The summed E-state index contributed by atoms with van der Waals surface area (Å²) < 4.78 is 33.2. The molecule has 2 aromatic heterocycles. The number of likely N-dealkylation sites (tertiary alicyclic amines) is 1. The van der Waals surface area contributed by atoms with Gasteiger partial charge in [-0.05, 0) is 48.9 Å². The predicted molar refractivity (Wildman–Crippen MR) is 155 cm³/mol. The lowest BCUT2D eigenvalue weighted by Gasteiger charge is -2.36. The van der Waals surface area contributed by atoms with E-state index in [4.69, 9.17) is 9.84 Å². The van der Waals surface area contributed by atoms with Crippen LogP contribution in [0.4, 0.5) is 17.3 Å². The van der Waals surface area contributed by atoms with Gasteiger partial charge in [-0.3, -0.25) is 9.21 Å². The minimum absolute atomic E-state index is 0.0296. The van der Waals surface area contributed by atoms with E-state index in [1.54, 1.807) is 30.0 Å². The minimum Gasteiger partial charge on any atom is -0.495 e. The highest BCUT2D eigenvalue weighted by atomic mass is 32.2. The lowest BCUT2D eigenvalue weighted by Crippen LogP contribution is -2.43. The van der Waals surface area contributed by atoms with Crippen LogP contribution in [0, 0.1) is 0 Å². The van der Waals surface area contributed by atoms with E-state index < -0.39 is 16.1 Å². The number of methoxy groups -OCH3 is 1. The molecule has 0 unspecified atom stereocenters. The van der Waals surface area contributed by atoms with Gasteiger partial charge < -0.3 is 20.3 Å². The number of nitrogens with zero attached hydrogens (tertiary/aromatic N) is 5. The third kappa shape index (κ3) is 5.61. The second-order valence-corrected chi connectivity index (χ2v) is 12.0. The highest BCUT2D eigenvalue weighted by Crippen LogP contribution is 2.36. The number of hydrogen-bond acceptors (Lipinski definition) is 9. The van der Waals surface area contributed by atoms with E-state index >= 15 is 0 Å². The maximum Gasteiger partial charge on any atom is 0.245 e. The Morgan fingerprint density at radius 3 is 2.70 bits per heavy atom. The van der Waals surface area contributed by atoms with Crippen molar-refractivity contribution >= 4 is 32.9 Å². The third-order valence-corrected chi connectivity index (χ3v) is 8.59. The van der Waals surface area contributed by atoms with Crippen molar-refractivity contribution in [2.45, 2.75) is 18.4 Å². The van der Waals surface area contributed by atoms with Gasteiger partial charge in [-0.1, -0.05) is 24.3 Å². The van der Waals surface area contributed by atoms with Crippen molar-refractivity contribution in [2.75, 3.05) is 56.3 Å². The smallest absolute Gasteiger partial charge is 0.245 e. The molecule has 1 saturated heterocycles. The van der Waals surface area contributed by atoms with E-state index in [0.29, 0.717) is 41.7 Å². The van der Waals surface area contributed by atoms with Crippen LogP contribution in [0.15, 0.2) is 60.8 Å². The number of hydrogen-bond donors (Lipinski definition) is 3. The van der Waals surface area contributed by atoms with Gasteiger partial charge in [-0.25, -0.2) is 17.9 Å². The van der Waals surface area contributed by atoms with Crippen LogP contribution in [0.25, 0.3) is 16.8 Å². The number of aliphatic hydroxyl groups is 2. The third-order valence-electron chi connectivity index (χ3n) is 7.40. The molecule has 1 fully saturated rings. The largest absolute Gasteiger partial charge is 0.495 e. The van der Waals surface area contributed by atoms with Crippen molar-refractivity contribution in [1.29, 1.82) is 0 Å². The fraction of sp³-hybridized carbons (Fsp3) is 0.357. The Kier molecular flexibility index (Phi) is 7.95. The number of benzene rings is 2. The Bertz CT molecular complexity index is 1610. The number of ether oxygens (including phenoxy) is 1. The summed E-state index contributed by atoms with van der Waals surface area (Å²) in [5, 5.41) is 27.9. The normalized spacial score (nSPS) is 18.1. The number of rotatable bonds is 9. The van der Waals surface area contributed by atoms with Gasteiger partial charge in [0.2, 0.25) is 16.0 Å². The molecule has 11 nitrogen and oxygen atoms in total. The Labute approximate surface area is 233 Å². The summed E-state index contributed by atoms with van der Waals surface area (Å²) in [5.74, 6) is 0.902. The first-order chi connectivity index (χ1) is 19.2. The summed E-state index contributed by atoms with van der Waals surface area (Å²) in [6, 6.07) is 16.8. The van der Waals surface area contributed by atoms with Crippen molar-refractivity contribution in [3.63, 3.8) is 0 Å². The van der Waals surface area contributed by atoms with Crippen LogP contribution < -0.4 is 14.4 Å². The standard InChI is InChI=1S/C28H34N6O5S/c1-32(40(3,37)38)24-7-5-4-6-22(24)25-11-9-20-17-29-28(31-34(20)25)30-23-10-8-19(16-27(23)39-2)21-12-13-33(14-15-35)18-26(21)36/h4-11,16-17,21,26,35-36H,12-15,18H2,1-3H3,(H,30,31)/t21-,26-/m0/s1. The zero-order valence-electron chi connectivity index (χ0n) is 22.7. The van der Waals surface area contributed by atoms with Gasteiger partial charge in [0, 0.05) is 31.6 Å². The molecule has 0 amide bonds. The van der Waals surface area contributed by atoms with Crippen molar-refractivity contribution in [3.8, 4) is 17.0 Å². The van der Waals surface area contributed by atoms with E-state index in [0.717, 1.165) is 29.7 Å². The van der Waals surface area contributed by atoms with Gasteiger partial charge in [-0.2, -0.15) is 0 Å². The summed E-state index contributed by atoms with van der Waals surface area (Å²) in [4.78, 5) is 6.53. The number of sulfonamides is 1. The fourth-order valence-electron chi connectivity index (χ4n) is 5.20. The van der Waals surface area contributed by atoms with Gasteiger partial charge in [0.15, 0.2) is 0 Å². The topological polar surface area (TPSA) is 133 Å². The molecular formula is C28H34N6O5S. The number of anilines is 3. The zero-order chi connectivity index (χ0) is 28.4. The van der Waals surface area contributed by atoms with Crippen LogP contribution in [-0.2, 0) is 10.0 Å². The SMILES string of the molecule is COc1cc([C@@H]2CCN(CCO)C[C@@H]2O)ccc1Nc1ncc2ccc(-c3ccccc3N(C)S(C)(=O)=O)n2n1. The molecule has 0 bridgehead atoms. The van der Waals surface area contributed by atoms with Gasteiger partial charge in [0.05, 0.1) is 54.9 Å². The lowest BCUT2D eigenvalue weighted by molar-refractivity contribution is 0.0434. The molecule has 0 saturated carbocycles. The summed E-state index contributed by atoms with van der Waals surface area (Å²) in [7, 11) is -0.345. The molecule has 0 aliphatic carbocycles. The number of aliphatic hydroxyl groups excluding tert-OH is 2. The molecule has 0 radical (unpaired) electrons. The molecule has 5 rings (SSSR count). The molecule has 2 aromatic carbocycles. The molecule has 40 heavy (non-hydrogen) atoms. The van der Waals surface area contributed by atoms with E-state index in [9.17, 15) is 18.6 Å². The lowest BCUT2D eigenvalue weighted by atomic mass is 9.87. The molecule has 4 aromatic rings. The van der Waals surface area contributed by atoms with E-state index in [1.807, 2.05) is 42.5 Å². The molecule has 212 valence electrons. The second kappa shape index (κ2) is 11.4. The van der Waals surface area contributed by atoms with Crippen molar-refractivity contribution in [3.05, 3.63) is 66.4 Å². The summed E-state index contributed by atoms with van der Waals surface area (Å²) in [6.07, 6.45) is 3.11. The van der Waals surface area contributed by atoms with Crippen LogP contribution in [0.5, 0.6) is 5.75 Å². The van der Waals surface area contributed by atoms with Gasteiger partial charge >= 0.3 is 0 Å². The monoisotopic (exact) mass is 566 g/mol. The molecule has 1 aliphatic rings. The number of nitrogens with one attached hydrogen (secondary N) is 1. The highest BCUT2D eigenvalue weighted by Gasteiger charge is 2.29. The maximum atomic E-state index is 12.3. The van der Waals surface area contributed by atoms with Crippen LogP contribution in [0.3, 0.4) is 0 Å². The second-order valence-electron chi connectivity index (χ2n) is 9.96. The molecule has 1 aliphatic heterocycles. The molecule has 3 N–H and O–H groups in total. The van der Waals surface area contributed by atoms with E-state index in [-0.39, 0.29) is 12.5 Å². The quantitative estimate of drug-likeness (QED) is 0.280. The minimum atomic E-state index is -3.46. The summed E-state index contributed by atoms with van der Waals surface area (Å²) in [5.41, 5.74) is 4.37. The number of aromatic nitrogens is 3. The van der Waals surface area contributed by atoms with E-state index in [2.05, 4.69) is 15.2 Å². The average molecular weight is 567 g/mol. The fourth-order valence-corrected chi connectivity index (χ4v) is 5.72. The number of fused-ring (bicyclic) bond motifs is 1. The van der Waals surface area contributed by atoms with Crippen molar-refractivity contribution in [1.82, 2.24) is 19.5 Å². The first-order valence-electron chi connectivity index (χ1n) is 13.0. The van der Waals surface area contributed by atoms with Crippen LogP contribution >= 0.6 is 0 Å². The number of β-amino-alcohol motifs (C(OH)–C–C–N with tert-alkyl or cyclic N) is 2. The average Bonchev–Trinajstić information content (AvgIpc) is 3.36. The molecular weight excluding hydrogens is 532 g/mol.